The minimum Gasteiger partial charge on any atom is -0.373 e. The van der Waals surface area contributed by atoms with E-state index in [-0.39, 0.29) is 6.10 Å². The molecule has 0 saturated carbocycles. The van der Waals surface area contributed by atoms with Crippen LogP contribution >= 0.6 is 0 Å². The first-order chi connectivity index (χ1) is 6.16. The van der Waals surface area contributed by atoms with Crippen molar-refractivity contribution in [3.8, 4) is 0 Å². The number of epoxide rings is 1. The van der Waals surface area contributed by atoms with Crippen LogP contribution in [0.15, 0.2) is 12.1 Å². The number of hydrogen-bond acceptors (Lipinski definition) is 1. The molecule has 1 fully saturated rings. The van der Waals surface area contributed by atoms with Gasteiger partial charge in [-0.15, -0.1) is 0 Å². The summed E-state index contributed by atoms with van der Waals surface area (Å²) < 4.78 is 42.7. The highest BCUT2D eigenvalue weighted by Crippen LogP contribution is 2.19. The number of hydrogen-bond donors (Lipinski definition) is 0. The lowest BCUT2D eigenvalue weighted by Gasteiger charge is -2.00. The van der Waals surface area contributed by atoms with Gasteiger partial charge < -0.3 is 4.74 Å². The molecule has 0 radical (unpaired) electrons. The maximum atomic E-state index is 12.7. The summed E-state index contributed by atoms with van der Waals surface area (Å²) in [5.41, 5.74) is 0.430. The number of rotatable bonds is 2. The first-order valence-corrected chi connectivity index (χ1v) is 3.92. The van der Waals surface area contributed by atoms with Crippen molar-refractivity contribution >= 4 is 0 Å². The van der Waals surface area contributed by atoms with E-state index in [0.717, 1.165) is 12.1 Å². The van der Waals surface area contributed by atoms with Gasteiger partial charge in [0.1, 0.15) is 0 Å². The van der Waals surface area contributed by atoms with E-state index in [1.54, 1.807) is 0 Å². The lowest BCUT2D eigenvalue weighted by atomic mass is 10.1. The van der Waals surface area contributed by atoms with Gasteiger partial charge in [-0.05, 0) is 17.7 Å². The summed E-state index contributed by atoms with van der Waals surface area (Å²) in [7, 11) is 0. The zero-order chi connectivity index (χ0) is 9.42. The molecule has 1 unspecified atom stereocenters. The van der Waals surface area contributed by atoms with E-state index < -0.39 is 17.5 Å². The van der Waals surface area contributed by atoms with Crippen molar-refractivity contribution in [3.63, 3.8) is 0 Å². The van der Waals surface area contributed by atoms with E-state index in [1.165, 1.54) is 0 Å². The molecule has 13 heavy (non-hydrogen) atoms. The third-order valence-corrected chi connectivity index (χ3v) is 1.91. The van der Waals surface area contributed by atoms with Gasteiger partial charge in [0.15, 0.2) is 17.5 Å². The van der Waals surface area contributed by atoms with Crippen LogP contribution in [0.3, 0.4) is 0 Å². The Labute approximate surface area is 73.1 Å². The predicted octanol–water partition coefficient (Wildman–Crippen LogP) is 2.05. The minimum absolute atomic E-state index is 0.0456. The Morgan fingerprint density at radius 3 is 2.23 bits per heavy atom. The van der Waals surface area contributed by atoms with Gasteiger partial charge in [-0.2, -0.15) is 0 Å². The molecular formula is C9H7F3O. The van der Waals surface area contributed by atoms with Crippen molar-refractivity contribution in [1.29, 1.82) is 0 Å². The number of halogens is 3. The third kappa shape index (κ3) is 1.83. The standard InChI is InChI=1S/C9H7F3O/c10-7-2-5(1-6-4-13-6)3-8(11)9(7)12/h2-3,6H,1,4H2. The zero-order valence-electron chi connectivity index (χ0n) is 6.69. The molecule has 0 aliphatic carbocycles. The van der Waals surface area contributed by atoms with Gasteiger partial charge in [-0.1, -0.05) is 0 Å². The average molecular weight is 188 g/mol. The topological polar surface area (TPSA) is 12.5 Å². The van der Waals surface area contributed by atoms with Crippen LogP contribution in [0.1, 0.15) is 5.56 Å². The highest BCUT2D eigenvalue weighted by molar-refractivity contribution is 5.20. The zero-order valence-corrected chi connectivity index (χ0v) is 6.69. The van der Waals surface area contributed by atoms with Crippen LogP contribution in [-0.2, 0) is 11.2 Å². The second-order valence-corrected chi connectivity index (χ2v) is 3.03. The van der Waals surface area contributed by atoms with E-state index in [4.69, 9.17) is 4.74 Å². The number of benzene rings is 1. The molecule has 0 bridgehead atoms. The van der Waals surface area contributed by atoms with Gasteiger partial charge in [0, 0.05) is 6.42 Å². The van der Waals surface area contributed by atoms with Crippen molar-refractivity contribution < 1.29 is 17.9 Å². The Balaban J connectivity index is 2.25. The average Bonchev–Trinajstić information content (AvgIpc) is 2.84. The molecule has 4 heteroatoms. The van der Waals surface area contributed by atoms with E-state index in [9.17, 15) is 13.2 Å². The molecule has 0 amide bonds. The normalized spacial score (nSPS) is 20.4. The molecule has 1 saturated heterocycles. The summed E-state index contributed by atoms with van der Waals surface area (Å²) in [6.07, 6.45) is 0.484. The maximum absolute atomic E-state index is 12.7. The predicted molar refractivity (Wildman–Crippen MR) is 39.8 cm³/mol. The SMILES string of the molecule is Fc1cc(CC2CO2)cc(F)c1F. The van der Waals surface area contributed by atoms with Gasteiger partial charge in [0.25, 0.3) is 0 Å². The van der Waals surface area contributed by atoms with Gasteiger partial charge >= 0.3 is 0 Å². The second-order valence-electron chi connectivity index (χ2n) is 3.03. The van der Waals surface area contributed by atoms with E-state index in [1.807, 2.05) is 0 Å². The smallest absolute Gasteiger partial charge is 0.194 e. The van der Waals surface area contributed by atoms with Gasteiger partial charge in [-0.25, -0.2) is 13.2 Å². The summed E-state index contributed by atoms with van der Waals surface area (Å²) in [4.78, 5) is 0. The monoisotopic (exact) mass is 188 g/mol. The van der Waals surface area contributed by atoms with E-state index >= 15 is 0 Å². The van der Waals surface area contributed by atoms with E-state index in [2.05, 4.69) is 0 Å². The van der Waals surface area contributed by atoms with E-state index in [0.29, 0.717) is 18.6 Å². The van der Waals surface area contributed by atoms with Crippen LogP contribution in [0.5, 0.6) is 0 Å². The fraction of sp³-hybridized carbons (Fsp3) is 0.333. The van der Waals surface area contributed by atoms with Crippen molar-refractivity contribution in [3.05, 3.63) is 35.1 Å². The molecule has 2 rings (SSSR count). The maximum Gasteiger partial charge on any atom is 0.194 e. The van der Waals surface area contributed by atoms with Crippen molar-refractivity contribution in [1.82, 2.24) is 0 Å². The van der Waals surface area contributed by atoms with Gasteiger partial charge in [-0.3, -0.25) is 0 Å². The minimum atomic E-state index is -1.42. The molecule has 70 valence electrons. The highest BCUT2D eigenvalue weighted by atomic mass is 19.2. The van der Waals surface area contributed by atoms with Crippen molar-refractivity contribution in [2.24, 2.45) is 0 Å². The van der Waals surface area contributed by atoms with Crippen LogP contribution in [0.4, 0.5) is 13.2 Å². The summed E-state index contributed by atoms with van der Waals surface area (Å²) in [6, 6.07) is 2.00. The summed E-state index contributed by atoms with van der Waals surface area (Å²) in [6.45, 7) is 0.612. The summed E-state index contributed by atoms with van der Waals surface area (Å²) >= 11 is 0. The van der Waals surface area contributed by atoms with Crippen LogP contribution in [0, 0.1) is 17.5 Å². The second kappa shape index (κ2) is 3.03. The van der Waals surface area contributed by atoms with Gasteiger partial charge in [0.2, 0.25) is 0 Å². The summed E-state index contributed by atoms with van der Waals surface area (Å²) in [5.74, 6) is -3.70. The molecule has 1 aliphatic heterocycles. The molecule has 0 N–H and O–H groups in total. The van der Waals surface area contributed by atoms with Crippen LogP contribution in [0.25, 0.3) is 0 Å². The van der Waals surface area contributed by atoms with Crippen LogP contribution < -0.4 is 0 Å². The molecule has 0 aromatic heterocycles. The largest absolute Gasteiger partial charge is 0.373 e. The summed E-state index contributed by atoms with van der Waals surface area (Å²) in [5, 5.41) is 0. The molecule has 0 spiro atoms. The molecule has 1 heterocycles. The third-order valence-electron chi connectivity index (χ3n) is 1.91. The van der Waals surface area contributed by atoms with Crippen LogP contribution in [-0.4, -0.2) is 12.7 Å². The number of ether oxygens (including phenoxy) is 1. The molecular weight excluding hydrogens is 181 g/mol. The molecule has 1 aromatic carbocycles. The Morgan fingerprint density at radius 2 is 1.77 bits per heavy atom. The Morgan fingerprint density at radius 1 is 1.23 bits per heavy atom. The van der Waals surface area contributed by atoms with Crippen LogP contribution in [0.2, 0.25) is 0 Å². The first kappa shape index (κ1) is 8.56. The highest BCUT2D eigenvalue weighted by Gasteiger charge is 2.23. The molecule has 1 atom stereocenters. The van der Waals surface area contributed by atoms with Gasteiger partial charge in [0.05, 0.1) is 12.7 Å². The first-order valence-electron chi connectivity index (χ1n) is 3.92. The molecule has 1 aromatic rings. The Bertz CT molecular complexity index is 311. The molecule has 1 aliphatic rings. The fourth-order valence-electron chi connectivity index (χ4n) is 1.17. The fourth-order valence-corrected chi connectivity index (χ4v) is 1.17. The lowest BCUT2D eigenvalue weighted by Crippen LogP contribution is -1.98. The lowest BCUT2D eigenvalue weighted by molar-refractivity contribution is 0.405. The Kier molecular flexibility index (Phi) is 2.00. The van der Waals surface area contributed by atoms with Crippen molar-refractivity contribution in [2.75, 3.05) is 6.61 Å². The van der Waals surface area contributed by atoms with Crippen molar-refractivity contribution in [2.45, 2.75) is 12.5 Å². The Hall–Kier alpha value is -1.03. The quantitative estimate of drug-likeness (QED) is 0.511. The molecule has 1 nitrogen and oxygen atoms in total.